The highest BCUT2D eigenvalue weighted by Gasteiger charge is 2.30. The van der Waals surface area contributed by atoms with Crippen LogP contribution in [-0.4, -0.2) is 58.5 Å². The molecule has 12 nitrogen and oxygen atoms in total. The quantitative estimate of drug-likeness (QED) is 0.0561. The molecule has 0 radical (unpaired) electrons. The van der Waals surface area contributed by atoms with Crippen LogP contribution < -0.4 is 21.4 Å². The molecule has 0 aliphatic heterocycles. The summed E-state index contributed by atoms with van der Waals surface area (Å²) in [4.78, 5) is 35.8. The van der Waals surface area contributed by atoms with E-state index in [1.165, 1.54) is 11.3 Å². The highest BCUT2D eigenvalue weighted by atomic mass is 32.1. The summed E-state index contributed by atoms with van der Waals surface area (Å²) < 4.78 is 0. The average molecular weight is 442 g/mol. The van der Waals surface area contributed by atoms with Crippen LogP contribution in [0.4, 0.5) is 0 Å². The van der Waals surface area contributed by atoms with E-state index in [1.54, 1.807) is 22.9 Å². The van der Waals surface area contributed by atoms with Crippen molar-refractivity contribution in [2.24, 2.45) is 5.92 Å². The van der Waals surface area contributed by atoms with Crippen LogP contribution in [0.25, 0.3) is 0 Å². The lowest BCUT2D eigenvalue weighted by Crippen LogP contribution is -2.54. The highest BCUT2D eigenvalue weighted by Crippen LogP contribution is 2.10. The largest absolute Gasteiger partial charge is 0.475 e. The third kappa shape index (κ3) is 9.67. The molecule has 2 atom stereocenters. The van der Waals surface area contributed by atoms with Crippen LogP contribution >= 0.6 is 11.3 Å². The number of nitrogens with zero attached hydrogens (tertiary/aromatic N) is 1. The topological polar surface area (TPSA) is 190 Å². The fraction of sp³-hybridized carbons (Fsp3) is 0.562. The van der Waals surface area contributed by atoms with E-state index in [2.05, 4.69) is 16.0 Å². The van der Waals surface area contributed by atoms with Crippen molar-refractivity contribution in [2.45, 2.75) is 45.1 Å². The van der Waals surface area contributed by atoms with Gasteiger partial charge in [0, 0.05) is 6.54 Å². The Balaban J connectivity index is 2.73. The van der Waals surface area contributed by atoms with Gasteiger partial charge in [-0.2, -0.15) is 0 Å². The van der Waals surface area contributed by atoms with Crippen LogP contribution in [0.3, 0.4) is 0 Å². The average Bonchev–Trinajstić information content (AvgIpc) is 3.17. The number of carbonyl (C=O) groups is 2. The summed E-state index contributed by atoms with van der Waals surface area (Å²) >= 11 is 1.21. The molecular formula is C16H27BN6O6S. The standard InChI is InChI=1S/C16H27BN6O6S/c1-10(2)9-13(17(26)27)21-14(24)11(20-15(25)12-6-4-8-30-12)5-3-7-19-16(18)22-23(28)29/h4,6,8,10-11,13,26-27H,3,5,7,9H2,1-2H3,(H,20,25)(H,21,24)(H3,18,19,22)/t11-,13-/m0/s1. The number of hydrogen-bond donors (Lipinski definition) is 7. The number of guanidine groups is 1. The number of nitro groups is 1. The normalized spacial score (nSPS) is 12.6. The van der Waals surface area contributed by atoms with Gasteiger partial charge >= 0.3 is 7.12 Å². The van der Waals surface area contributed by atoms with E-state index in [4.69, 9.17) is 5.41 Å². The van der Waals surface area contributed by atoms with Gasteiger partial charge in [-0.3, -0.25) is 15.0 Å². The summed E-state index contributed by atoms with van der Waals surface area (Å²) in [7, 11) is -1.75. The molecule has 166 valence electrons. The van der Waals surface area contributed by atoms with Crippen LogP contribution in [0.15, 0.2) is 17.5 Å². The maximum atomic E-state index is 12.7. The number of thiophene rings is 1. The molecule has 0 unspecified atom stereocenters. The fourth-order valence-corrected chi connectivity index (χ4v) is 3.23. The van der Waals surface area contributed by atoms with Gasteiger partial charge in [-0.05, 0) is 36.6 Å². The molecule has 0 aliphatic rings. The van der Waals surface area contributed by atoms with Crippen LogP contribution in [0, 0.1) is 21.4 Å². The van der Waals surface area contributed by atoms with Crippen molar-refractivity contribution in [2.75, 3.05) is 6.54 Å². The van der Waals surface area contributed by atoms with Crippen molar-refractivity contribution in [1.29, 1.82) is 5.41 Å². The number of carbonyl (C=O) groups excluding carboxylic acids is 2. The van der Waals surface area contributed by atoms with Crippen molar-refractivity contribution < 1.29 is 24.7 Å². The minimum atomic E-state index is -1.75. The van der Waals surface area contributed by atoms with Gasteiger partial charge in [-0.15, -0.1) is 11.3 Å². The van der Waals surface area contributed by atoms with Gasteiger partial charge in [0.2, 0.25) is 5.91 Å². The van der Waals surface area contributed by atoms with Crippen LogP contribution in [0.5, 0.6) is 0 Å². The second-order valence-electron chi connectivity index (χ2n) is 6.97. The maximum Gasteiger partial charge on any atom is 0.475 e. The number of hydrogen-bond acceptors (Lipinski definition) is 8. The SMILES string of the molecule is CC(C)C[C@H](NC(=O)[C@H](CCCNC(=N)N[N+](=O)[O-])NC(=O)c1cccs1)B(O)O. The Bertz CT molecular complexity index is 717. The van der Waals surface area contributed by atoms with Gasteiger partial charge in [-0.1, -0.05) is 25.3 Å². The molecule has 1 aromatic heterocycles. The third-order valence-corrected chi connectivity index (χ3v) is 4.82. The predicted octanol–water partition coefficient (Wildman–Crippen LogP) is -0.525. The van der Waals surface area contributed by atoms with E-state index >= 15 is 0 Å². The number of rotatable bonds is 12. The Hall–Kier alpha value is -2.71. The summed E-state index contributed by atoms with van der Waals surface area (Å²) in [5.74, 6) is -2.30. The van der Waals surface area contributed by atoms with Crippen molar-refractivity contribution in [3.05, 3.63) is 32.5 Å². The molecule has 0 fully saturated rings. The lowest BCUT2D eigenvalue weighted by atomic mass is 9.75. The minimum Gasteiger partial charge on any atom is -0.426 e. The maximum absolute atomic E-state index is 12.7. The Morgan fingerprint density at radius 1 is 1.33 bits per heavy atom. The zero-order valence-electron chi connectivity index (χ0n) is 16.8. The molecule has 0 spiro atoms. The molecule has 0 saturated heterocycles. The Morgan fingerprint density at radius 2 is 2.03 bits per heavy atom. The molecule has 1 aromatic rings. The van der Waals surface area contributed by atoms with Gasteiger partial charge < -0.3 is 26.0 Å². The lowest BCUT2D eigenvalue weighted by molar-refractivity contribution is -0.525. The Kier molecular flexibility index (Phi) is 10.8. The van der Waals surface area contributed by atoms with E-state index in [1.807, 2.05) is 13.8 Å². The predicted molar refractivity (Wildman–Crippen MR) is 112 cm³/mol. The molecule has 0 saturated carbocycles. The third-order valence-electron chi connectivity index (χ3n) is 3.95. The van der Waals surface area contributed by atoms with Crippen molar-refractivity contribution in [1.82, 2.24) is 21.4 Å². The second-order valence-corrected chi connectivity index (χ2v) is 7.92. The lowest BCUT2D eigenvalue weighted by Gasteiger charge is -2.24. The molecule has 0 aliphatic carbocycles. The monoisotopic (exact) mass is 442 g/mol. The van der Waals surface area contributed by atoms with E-state index in [-0.39, 0.29) is 18.9 Å². The summed E-state index contributed by atoms with van der Waals surface area (Å²) in [6.07, 6.45) is 0.805. The van der Waals surface area contributed by atoms with Crippen molar-refractivity contribution in [3.8, 4) is 0 Å². The Labute approximate surface area is 178 Å². The van der Waals surface area contributed by atoms with Crippen LogP contribution in [0.1, 0.15) is 42.8 Å². The van der Waals surface area contributed by atoms with Crippen molar-refractivity contribution in [3.63, 3.8) is 0 Å². The zero-order valence-corrected chi connectivity index (χ0v) is 17.6. The van der Waals surface area contributed by atoms with E-state index in [0.717, 1.165) is 0 Å². The van der Waals surface area contributed by atoms with Gasteiger partial charge in [0.05, 0.1) is 10.8 Å². The van der Waals surface area contributed by atoms with Crippen LogP contribution in [-0.2, 0) is 4.79 Å². The zero-order chi connectivity index (χ0) is 22.7. The first kappa shape index (κ1) is 25.3. The highest BCUT2D eigenvalue weighted by molar-refractivity contribution is 7.12. The smallest absolute Gasteiger partial charge is 0.426 e. The summed E-state index contributed by atoms with van der Waals surface area (Å²) in [6, 6.07) is 2.35. The minimum absolute atomic E-state index is 0.0977. The molecular weight excluding hydrogens is 415 g/mol. The van der Waals surface area contributed by atoms with Crippen LogP contribution in [0.2, 0.25) is 0 Å². The molecule has 2 amide bonds. The van der Waals surface area contributed by atoms with Gasteiger partial charge in [-0.25, -0.2) is 10.1 Å². The molecule has 0 bridgehead atoms. The number of nitrogens with one attached hydrogen (secondary N) is 5. The fourth-order valence-electron chi connectivity index (χ4n) is 2.60. The van der Waals surface area contributed by atoms with E-state index in [0.29, 0.717) is 17.7 Å². The molecule has 30 heavy (non-hydrogen) atoms. The first-order valence-corrected chi connectivity index (χ1v) is 10.2. The first-order valence-electron chi connectivity index (χ1n) is 9.34. The summed E-state index contributed by atoms with van der Waals surface area (Å²) in [6.45, 7) is 3.89. The second kappa shape index (κ2) is 12.8. The van der Waals surface area contributed by atoms with Gasteiger partial charge in [0.25, 0.3) is 11.9 Å². The number of hydrazine groups is 1. The Morgan fingerprint density at radius 3 is 2.57 bits per heavy atom. The van der Waals surface area contributed by atoms with Crippen molar-refractivity contribution >= 4 is 36.2 Å². The molecule has 1 heterocycles. The summed E-state index contributed by atoms with van der Waals surface area (Å²) in [5, 5.41) is 45.2. The first-order chi connectivity index (χ1) is 14.1. The van der Waals surface area contributed by atoms with Gasteiger partial charge in [0.1, 0.15) is 6.04 Å². The van der Waals surface area contributed by atoms with E-state index in [9.17, 15) is 29.8 Å². The summed E-state index contributed by atoms with van der Waals surface area (Å²) in [5.41, 5.74) is 1.65. The molecule has 1 rings (SSSR count). The molecule has 7 N–H and O–H groups in total. The molecule has 0 aromatic carbocycles. The number of amides is 2. The van der Waals surface area contributed by atoms with E-state index < -0.39 is 41.9 Å². The van der Waals surface area contributed by atoms with Gasteiger partial charge in [0.15, 0.2) is 5.03 Å². The molecule has 14 heteroatoms.